The maximum absolute atomic E-state index is 12.0. The Hall–Kier alpha value is -1.33. The van der Waals surface area contributed by atoms with E-state index in [0.29, 0.717) is 13.0 Å². The molecule has 2 rings (SSSR count). The predicted molar refractivity (Wildman–Crippen MR) is 72.4 cm³/mol. The van der Waals surface area contributed by atoms with Crippen LogP contribution in [0.3, 0.4) is 0 Å². The van der Waals surface area contributed by atoms with Crippen molar-refractivity contribution in [2.45, 2.75) is 25.3 Å². The van der Waals surface area contributed by atoms with E-state index in [2.05, 4.69) is 15.6 Å². The van der Waals surface area contributed by atoms with Crippen molar-refractivity contribution in [3.63, 3.8) is 0 Å². The topological polar surface area (TPSA) is 71.1 Å². The summed E-state index contributed by atoms with van der Waals surface area (Å²) in [5.41, 5.74) is 0.211. The second-order valence-corrected chi connectivity index (χ2v) is 5.03. The van der Waals surface area contributed by atoms with E-state index in [9.17, 15) is 9.59 Å². The minimum atomic E-state index is -0.526. The molecule has 0 spiro atoms. The third-order valence-corrected chi connectivity index (χ3v) is 3.40. The van der Waals surface area contributed by atoms with Crippen LogP contribution in [-0.2, 0) is 4.79 Å². The molecule has 1 fully saturated rings. The summed E-state index contributed by atoms with van der Waals surface area (Å²) in [5.74, 6) is -0.583. The predicted octanol–water partition coefficient (Wildman–Crippen LogP) is 1.79. The number of hydrogen-bond donors (Lipinski definition) is 2. The average Bonchev–Trinajstić information content (AvgIpc) is 2.55. The maximum Gasteiger partial charge on any atom is 0.255 e. The maximum atomic E-state index is 12.0. The summed E-state index contributed by atoms with van der Waals surface area (Å²) < 4.78 is 0. The number of hydrogen-bond acceptors (Lipinski definition) is 3. The molecule has 2 heterocycles. The van der Waals surface area contributed by atoms with Gasteiger partial charge in [0.2, 0.25) is 5.91 Å². The summed E-state index contributed by atoms with van der Waals surface area (Å²) in [5, 5.41) is 5.66. The Morgan fingerprint density at radius 1 is 1.37 bits per heavy atom. The van der Waals surface area contributed by atoms with Crippen LogP contribution in [0.5, 0.6) is 0 Å². The van der Waals surface area contributed by atoms with Crippen molar-refractivity contribution >= 4 is 35.0 Å². The van der Waals surface area contributed by atoms with Crippen LogP contribution in [0.2, 0.25) is 10.3 Å². The summed E-state index contributed by atoms with van der Waals surface area (Å²) in [4.78, 5) is 27.6. The molecule has 5 nitrogen and oxygen atoms in total. The van der Waals surface area contributed by atoms with Gasteiger partial charge in [-0.25, -0.2) is 4.98 Å². The van der Waals surface area contributed by atoms with Gasteiger partial charge in [0.25, 0.3) is 5.91 Å². The molecular formula is C12H13Cl2N3O2. The van der Waals surface area contributed by atoms with Crippen LogP contribution in [0, 0.1) is 0 Å². The fourth-order valence-corrected chi connectivity index (χ4v) is 2.33. The largest absolute Gasteiger partial charge is 0.354 e. The second kappa shape index (κ2) is 6.21. The molecule has 1 atom stereocenters. The first-order chi connectivity index (χ1) is 9.08. The number of aromatic nitrogens is 1. The molecule has 1 aromatic rings. The summed E-state index contributed by atoms with van der Waals surface area (Å²) in [6.45, 7) is 0.647. The quantitative estimate of drug-likeness (QED) is 0.818. The molecule has 0 radical (unpaired) electrons. The Balaban J connectivity index is 2.09. The van der Waals surface area contributed by atoms with Gasteiger partial charge in [-0.1, -0.05) is 23.2 Å². The van der Waals surface area contributed by atoms with Crippen molar-refractivity contribution in [1.29, 1.82) is 0 Å². The molecular weight excluding hydrogens is 289 g/mol. The highest BCUT2D eigenvalue weighted by Gasteiger charge is 2.23. The van der Waals surface area contributed by atoms with Gasteiger partial charge in [-0.15, -0.1) is 0 Å². The Labute approximate surface area is 120 Å². The van der Waals surface area contributed by atoms with Crippen LogP contribution < -0.4 is 10.6 Å². The molecule has 1 aliphatic rings. The van der Waals surface area contributed by atoms with E-state index in [-0.39, 0.29) is 21.8 Å². The van der Waals surface area contributed by atoms with Crippen LogP contribution >= 0.6 is 23.2 Å². The first kappa shape index (κ1) is 14.1. The van der Waals surface area contributed by atoms with Crippen molar-refractivity contribution in [3.05, 3.63) is 28.0 Å². The molecule has 102 valence electrons. The standard InChI is InChI=1S/C12H13Cl2N3O2/c13-9-5-4-7(10(14)17-9)11(18)16-8-3-1-2-6-15-12(8)19/h4-5,8H,1-3,6H2,(H,15,19)(H,16,18). The lowest BCUT2D eigenvalue weighted by Gasteiger charge is -2.15. The highest BCUT2D eigenvalue weighted by molar-refractivity contribution is 6.34. The molecule has 1 aromatic heterocycles. The molecule has 0 saturated carbocycles. The summed E-state index contributed by atoms with van der Waals surface area (Å²) >= 11 is 11.5. The second-order valence-electron chi connectivity index (χ2n) is 4.29. The molecule has 7 heteroatoms. The van der Waals surface area contributed by atoms with Crippen molar-refractivity contribution in [3.8, 4) is 0 Å². The van der Waals surface area contributed by atoms with Crippen LogP contribution in [0.15, 0.2) is 12.1 Å². The molecule has 1 aliphatic heterocycles. The van der Waals surface area contributed by atoms with E-state index < -0.39 is 11.9 Å². The average molecular weight is 302 g/mol. The third-order valence-electron chi connectivity index (χ3n) is 2.90. The molecule has 1 saturated heterocycles. The van der Waals surface area contributed by atoms with Crippen LogP contribution in [-0.4, -0.2) is 29.4 Å². The van der Waals surface area contributed by atoms with Gasteiger partial charge in [0, 0.05) is 6.54 Å². The Kier molecular flexibility index (Phi) is 4.61. The third kappa shape index (κ3) is 3.58. The molecule has 2 amide bonds. The Morgan fingerprint density at radius 3 is 2.89 bits per heavy atom. The van der Waals surface area contributed by atoms with Crippen molar-refractivity contribution in [1.82, 2.24) is 15.6 Å². The van der Waals surface area contributed by atoms with Gasteiger partial charge < -0.3 is 10.6 Å². The number of rotatable bonds is 2. The van der Waals surface area contributed by atoms with Crippen LogP contribution in [0.4, 0.5) is 0 Å². The number of nitrogens with zero attached hydrogens (tertiary/aromatic N) is 1. The normalized spacial score (nSPS) is 19.5. The zero-order valence-corrected chi connectivity index (χ0v) is 11.6. The number of carbonyl (C=O) groups excluding carboxylic acids is 2. The molecule has 1 unspecified atom stereocenters. The van der Waals surface area contributed by atoms with Crippen LogP contribution in [0.1, 0.15) is 29.6 Å². The lowest BCUT2D eigenvalue weighted by atomic mass is 10.1. The van der Waals surface area contributed by atoms with E-state index in [0.717, 1.165) is 12.8 Å². The van der Waals surface area contributed by atoms with E-state index in [1.54, 1.807) is 0 Å². The fraction of sp³-hybridized carbons (Fsp3) is 0.417. The van der Waals surface area contributed by atoms with Gasteiger partial charge in [-0.2, -0.15) is 0 Å². The smallest absolute Gasteiger partial charge is 0.255 e. The van der Waals surface area contributed by atoms with Crippen molar-refractivity contribution in [2.24, 2.45) is 0 Å². The number of carbonyl (C=O) groups is 2. The van der Waals surface area contributed by atoms with Gasteiger partial charge >= 0.3 is 0 Å². The lowest BCUT2D eigenvalue weighted by Crippen LogP contribution is -2.45. The number of halogens is 2. The van der Waals surface area contributed by atoms with Crippen LogP contribution in [0.25, 0.3) is 0 Å². The zero-order valence-electron chi connectivity index (χ0n) is 10.1. The molecule has 2 N–H and O–H groups in total. The molecule has 0 bridgehead atoms. The summed E-state index contributed by atoms with van der Waals surface area (Å²) in [6.07, 6.45) is 2.42. The van der Waals surface area contributed by atoms with Crippen molar-refractivity contribution < 1.29 is 9.59 Å². The first-order valence-corrected chi connectivity index (χ1v) is 6.74. The van der Waals surface area contributed by atoms with Gasteiger partial charge in [-0.05, 0) is 31.4 Å². The van der Waals surface area contributed by atoms with Gasteiger partial charge in [-0.3, -0.25) is 9.59 Å². The van der Waals surface area contributed by atoms with E-state index >= 15 is 0 Å². The molecule has 0 aliphatic carbocycles. The SMILES string of the molecule is O=C(NC1CCCCNC1=O)c1ccc(Cl)nc1Cl. The fourth-order valence-electron chi connectivity index (χ4n) is 1.89. The van der Waals surface area contributed by atoms with Gasteiger partial charge in [0.05, 0.1) is 5.56 Å². The Bertz CT molecular complexity index is 508. The van der Waals surface area contributed by atoms with Gasteiger partial charge in [0.15, 0.2) is 0 Å². The summed E-state index contributed by atoms with van der Waals surface area (Å²) in [6, 6.07) is 2.44. The summed E-state index contributed by atoms with van der Waals surface area (Å²) in [7, 11) is 0. The number of amides is 2. The molecule has 19 heavy (non-hydrogen) atoms. The molecule has 0 aromatic carbocycles. The van der Waals surface area contributed by atoms with Gasteiger partial charge in [0.1, 0.15) is 16.3 Å². The minimum absolute atomic E-state index is 0.0269. The monoisotopic (exact) mass is 301 g/mol. The van der Waals surface area contributed by atoms with E-state index in [1.165, 1.54) is 12.1 Å². The number of pyridine rings is 1. The van der Waals surface area contributed by atoms with E-state index in [1.807, 2.05) is 0 Å². The van der Waals surface area contributed by atoms with Crippen molar-refractivity contribution in [2.75, 3.05) is 6.54 Å². The highest BCUT2D eigenvalue weighted by Crippen LogP contribution is 2.17. The Morgan fingerprint density at radius 2 is 2.16 bits per heavy atom. The minimum Gasteiger partial charge on any atom is -0.354 e. The number of nitrogens with one attached hydrogen (secondary N) is 2. The lowest BCUT2D eigenvalue weighted by molar-refractivity contribution is -0.122. The first-order valence-electron chi connectivity index (χ1n) is 5.98. The van der Waals surface area contributed by atoms with E-state index in [4.69, 9.17) is 23.2 Å². The highest BCUT2D eigenvalue weighted by atomic mass is 35.5. The zero-order chi connectivity index (χ0) is 13.8.